The van der Waals surface area contributed by atoms with Crippen LogP contribution in [0.3, 0.4) is 0 Å². The van der Waals surface area contributed by atoms with Gasteiger partial charge in [0.25, 0.3) is 0 Å². The van der Waals surface area contributed by atoms with E-state index in [1.54, 1.807) is 36.4 Å². The lowest BCUT2D eigenvalue weighted by Gasteiger charge is -2.11. The van der Waals surface area contributed by atoms with Gasteiger partial charge in [-0.1, -0.05) is 71.7 Å². The molecule has 0 aromatic heterocycles. The summed E-state index contributed by atoms with van der Waals surface area (Å²) in [5.74, 6) is 0.879. The summed E-state index contributed by atoms with van der Waals surface area (Å²) in [7, 11) is 0. The molecule has 3 rings (SSSR count). The van der Waals surface area contributed by atoms with E-state index in [1.165, 1.54) is 0 Å². The number of carbonyl (C=O) groups excluding carboxylic acids is 1. The highest BCUT2D eigenvalue weighted by Crippen LogP contribution is 2.37. The van der Waals surface area contributed by atoms with Crippen molar-refractivity contribution in [2.24, 2.45) is 0 Å². The standard InChI is InChI=1S/C19H12Cl2O2/c20-17-15(19(22)13-7-3-1-4-8-13)11-12-16(18(17)21)23-14-9-5-2-6-10-14/h1-12H. The van der Waals surface area contributed by atoms with Gasteiger partial charge in [0.2, 0.25) is 0 Å². The predicted octanol–water partition coefficient (Wildman–Crippen LogP) is 6.02. The molecule has 0 aliphatic rings. The molecule has 2 nitrogen and oxygen atoms in total. The summed E-state index contributed by atoms with van der Waals surface area (Å²) >= 11 is 12.5. The van der Waals surface area contributed by atoms with Gasteiger partial charge in [-0.05, 0) is 24.3 Å². The Morgan fingerprint density at radius 2 is 1.35 bits per heavy atom. The van der Waals surface area contributed by atoms with Crippen LogP contribution in [0.25, 0.3) is 0 Å². The maximum atomic E-state index is 12.5. The van der Waals surface area contributed by atoms with E-state index >= 15 is 0 Å². The van der Waals surface area contributed by atoms with Gasteiger partial charge in [0.05, 0.1) is 5.02 Å². The van der Waals surface area contributed by atoms with E-state index in [9.17, 15) is 4.79 Å². The van der Waals surface area contributed by atoms with Crippen LogP contribution in [0.1, 0.15) is 15.9 Å². The van der Waals surface area contributed by atoms with Crippen molar-refractivity contribution < 1.29 is 9.53 Å². The summed E-state index contributed by atoms with van der Waals surface area (Å²) in [5, 5.41) is 0.409. The number of rotatable bonds is 4. The van der Waals surface area contributed by atoms with Crippen LogP contribution in [0.4, 0.5) is 0 Å². The maximum Gasteiger partial charge on any atom is 0.194 e. The Bertz CT molecular complexity index is 831. The first-order chi connectivity index (χ1) is 11.2. The van der Waals surface area contributed by atoms with E-state index in [1.807, 2.05) is 36.4 Å². The van der Waals surface area contributed by atoms with Crippen molar-refractivity contribution in [1.82, 2.24) is 0 Å². The summed E-state index contributed by atoms with van der Waals surface area (Å²) in [6.45, 7) is 0. The number of hydrogen-bond acceptors (Lipinski definition) is 2. The first kappa shape index (κ1) is 15.6. The molecule has 0 atom stereocenters. The summed E-state index contributed by atoms with van der Waals surface area (Å²) in [4.78, 5) is 12.5. The second kappa shape index (κ2) is 6.86. The minimum atomic E-state index is -0.177. The van der Waals surface area contributed by atoms with E-state index in [0.29, 0.717) is 22.6 Å². The van der Waals surface area contributed by atoms with Crippen LogP contribution >= 0.6 is 23.2 Å². The lowest BCUT2D eigenvalue weighted by Crippen LogP contribution is -2.02. The number of halogens is 2. The molecule has 114 valence electrons. The molecule has 4 heteroatoms. The molecule has 0 unspecified atom stereocenters. The van der Waals surface area contributed by atoms with Gasteiger partial charge < -0.3 is 4.74 Å². The fourth-order valence-corrected chi connectivity index (χ4v) is 2.59. The molecule has 0 amide bonds. The average Bonchev–Trinajstić information content (AvgIpc) is 2.60. The largest absolute Gasteiger partial charge is 0.456 e. The van der Waals surface area contributed by atoms with E-state index in [2.05, 4.69) is 0 Å². The molecule has 0 fully saturated rings. The highest BCUT2D eigenvalue weighted by molar-refractivity contribution is 6.45. The molecule has 3 aromatic rings. The molecule has 23 heavy (non-hydrogen) atoms. The number of carbonyl (C=O) groups is 1. The van der Waals surface area contributed by atoms with Crippen molar-refractivity contribution in [3.8, 4) is 11.5 Å². The van der Waals surface area contributed by atoms with Crippen molar-refractivity contribution in [3.05, 3.63) is 94.0 Å². The van der Waals surface area contributed by atoms with Gasteiger partial charge in [0.15, 0.2) is 5.78 Å². The number of hydrogen-bond donors (Lipinski definition) is 0. The smallest absolute Gasteiger partial charge is 0.194 e. The molecule has 0 saturated carbocycles. The molecule has 0 saturated heterocycles. The fourth-order valence-electron chi connectivity index (χ4n) is 2.15. The highest BCUT2D eigenvalue weighted by atomic mass is 35.5. The van der Waals surface area contributed by atoms with Gasteiger partial charge in [-0.3, -0.25) is 4.79 Å². The van der Waals surface area contributed by atoms with E-state index < -0.39 is 0 Å². The molecule has 0 bridgehead atoms. The predicted molar refractivity (Wildman–Crippen MR) is 92.9 cm³/mol. The number of ketones is 1. The van der Waals surface area contributed by atoms with Crippen LogP contribution in [0.2, 0.25) is 10.0 Å². The van der Waals surface area contributed by atoms with Gasteiger partial charge in [0.1, 0.15) is 16.5 Å². The van der Waals surface area contributed by atoms with Gasteiger partial charge in [-0.2, -0.15) is 0 Å². The number of benzene rings is 3. The van der Waals surface area contributed by atoms with E-state index in [-0.39, 0.29) is 15.8 Å². The van der Waals surface area contributed by atoms with Gasteiger partial charge >= 0.3 is 0 Å². The van der Waals surface area contributed by atoms with Gasteiger partial charge in [-0.25, -0.2) is 0 Å². The average molecular weight is 343 g/mol. The summed E-state index contributed by atoms with van der Waals surface area (Å²) in [5.41, 5.74) is 0.908. The Morgan fingerprint density at radius 1 is 0.739 bits per heavy atom. The topological polar surface area (TPSA) is 26.3 Å². The van der Waals surface area contributed by atoms with Crippen molar-refractivity contribution in [1.29, 1.82) is 0 Å². The molecule has 0 N–H and O–H groups in total. The SMILES string of the molecule is O=C(c1ccccc1)c1ccc(Oc2ccccc2)c(Cl)c1Cl. The molecule has 0 aliphatic heterocycles. The highest BCUT2D eigenvalue weighted by Gasteiger charge is 2.18. The first-order valence-corrected chi connectivity index (χ1v) is 7.73. The Hall–Kier alpha value is -2.29. The van der Waals surface area contributed by atoms with Crippen molar-refractivity contribution >= 4 is 29.0 Å². The minimum absolute atomic E-state index is 0.177. The summed E-state index contributed by atoms with van der Waals surface area (Å²) in [6.07, 6.45) is 0. The third kappa shape index (κ3) is 3.39. The maximum absolute atomic E-state index is 12.5. The monoisotopic (exact) mass is 342 g/mol. The normalized spacial score (nSPS) is 10.3. The van der Waals surface area contributed by atoms with Crippen molar-refractivity contribution in [3.63, 3.8) is 0 Å². The Morgan fingerprint density at radius 3 is 2.00 bits per heavy atom. The minimum Gasteiger partial charge on any atom is -0.456 e. The molecular formula is C19H12Cl2O2. The molecule has 0 spiro atoms. The Balaban J connectivity index is 1.93. The molecule has 0 radical (unpaired) electrons. The fraction of sp³-hybridized carbons (Fsp3) is 0. The third-order valence-electron chi connectivity index (χ3n) is 3.30. The second-order valence-electron chi connectivity index (χ2n) is 4.85. The van der Waals surface area contributed by atoms with Crippen LogP contribution in [0, 0.1) is 0 Å². The Kier molecular flexibility index (Phi) is 4.65. The second-order valence-corrected chi connectivity index (χ2v) is 5.61. The lowest BCUT2D eigenvalue weighted by molar-refractivity contribution is 0.103. The molecule has 0 heterocycles. The van der Waals surface area contributed by atoms with Crippen LogP contribution in [0.15, 0.2) is 72.8 Å². The van der Waals surface area contributed by atoms with E-state index in [0.717, 1.165) is 0 Å². The van der Waals surface area contributed by atoms with Crippen LogP contribution < -0.4 is 4.74 Å². The van der Waals surface area contributed by atoms with Gasteiger partial charge in [-0.15, -0.1) is 0 Å². The molecule has 3 aromatic carbocycles. The zero-order valence-corrected chi connectivity index (χ0v) is 13.5. The lowest BCUT2D eigenvalue weighted by atomic mass is 10.0. The number of para-hydroxylation sites is 1. The van der Waals surface area contributed by atoms with Gasteiger partial charge in [0, 0.05) is 11.1 Å². The zero-order chi connectivity index (χ0) is 16.2. The summed E-state index contributed by atoms with van der Waals surface area (Å²) in [6, 6.07) is 21.4. The van der Waals surface area contributed by atoms with Crippen LogP contribution in [0.5, 0.6) is 11.5 Å². The molecular weight excluding hydrogens is 331 g/mol. The van der Waals surface area contributed by atoms with Crippen LogP contribution in [-0.2, 0) is 0 Å². The van der Waals surface area contributed by atoms with Crippen LogP contribution in [-0.4, -0.2) is 5.78 Å². The Labute approximate surface area is 144 Å². The third-order valence-corrected chi connectivity index (χ3v) is 4.16. The number of ether oxygens (including phenoxy) is 1. The van der Waals surface area contributed by atoms with Crippen molar-refractivity contribution in [2.45, 2.75) is 0 Å². The first-order valence-electron chi connectivity index (χ1n) is 6.97. The van der Waals surface area contributed by atoms with Crippen molar-refractivity contribution in [2.75, 3.05) is 0 Å². The van der Waals surface area contributed by atoms with E-state index in [4.69, 9.17) is 27.9 Å². The zero-order valence-electron chi connectivity index (χ0n) is 12.0. The molecule has 0 aliphatic carbocycles. The summed E-state index contributed by atoms with van der Waals surface area (Å²) < 4.78 is 5.70. The quantitative estimate of drug-likeness (QED) is 0.542.